The van der Waals surface area contributed by atoms with Gasteiger partial charge in [0.2, 0.25) is 0 Å². The van der Waals surface area contributed by atoms with Crippen LogP contribution in [0.3, 0.4) is 0 Å². The predicted molar refractivity (Wildman–Crippen MR) is 63.0 cm³/mol. The number of phenolic OH excluding ortho intramolecular Hbond substituents is 1. The van der Waals surface area contributed by atoms with Crippen LogP contribution in [0.25, 0.3) is 0 Å². The molecule has 104 valence electrons. The summed E-state index contributed by atoms with van der Waals surface area (Å²) in [6.07, 6.45) is -1.73. The lowest BCUT2D eigenvalue weighted by atomic mass is 10.0. The van der Waals surface area contributed by atoms with Crippen LogP contribution in [0, 0.1) is 0 Å². The summed E-state index contributed by atoms with van der Waals surface area (Å²) in [4.78, 5) is 22.7. The average molecular weight is 270 g/mol. The zero-order valence-corrected chi connectivity index (χ0v) is 10.7. The van der Waals surface area contributed by atoms with Crippen molar-refractivity contribution in [3.63, 3.8) is 0 Å². The SMILES string of the molecule is COC(=O)c1cc(OC)c(O)c(C(O)C(=O)OC)c1. The maximum atomic E-state index is 11.4. The molecular weight excluding hydrogens is 256 g/mol. The largest absolute Gasteiger partial charge is 0.504 e. The standard InChI is InChI=1S/C12H14O7/c1-17-8-5-6(11(15)18-2)4-7(9(8)13)10(14)12(16)19-3/h4-5,10,13-14H,1-3H3. The van der Waals surface area contributed by atoms with Gasteiger partial charge < -0.3 is 24.4 Å². The van der Waals surface area contributed by atoms with Gasteiger partial charge in [-0.1, -0.05) is 0 Å². The van der Waals surface area contributed by atoms with Crippen LogP contribution in [0.5, 0.6) is 11.5 Å². The number of aliphatic hydroxyl groups excluding tert-OH is 1. The van der Waals surface area contributed by atoms with Crippen LogP contribution in [0.2, 0.25) is 0 Å². The van der Waals surface area contributed by atoms with E-state index in [9.17, 15) is 19.8 Å². The van der Waals surface area contributed by atoms with Crippen molar-refractivity contribution < 1.29 is 34.0 Å². The highest BCUT2D eigenvalue weighted by atomic mass is 16.5. The maximum absolute atomic E-state index is 11.4. The van der Waals surface area contributed by atoms with E-state index in [4.69, 9.17) is 4.74 Å². The van der Waals surface area contributed by atoms with Crippen molar-refractivity contribution in [3.8, 4) is 11.5 Å². The molecule has 0 amide bonds. The van der Waals surface area contributed by atoms with E-state index in [1.165, 1.54) is 20.3 Å². The Morgan fingerprint density at radius 3 is 2.26 bits per heavy atom. The van der Waals surface area contributed by atoms with Gasteiger partial charge in [-0.3, -0.25) is 0 Å². The minimum absolute atomic E-state index is 0.0232. The average Bonchev–Trinajstić information content (AvgIpc) is 2.44. The van der Waals surface area contributed by atoms with Gasteiger partial charge in [0.1, 0.15) is 0 Å². The van der Waals surface area contributed by atoms with Crippen LogP contribution in [0.1, 0.15) is 22.0 Å². The highest BCUT2D eigenvalue weighted by Crippen LogP contribution is 2.35. The number of rotatable bonds is 4. The molecule has 1 aromatic carbocycles. The van der Waals surface area contributed by atoms with Crippen LogP contribution in [-0.4, -0.2) is 43.5 Å². The van der Waals surface area contributed by atoms with Gasteiger partial charge in [-0.25, -0.2) is 9.59 Å². The Hall–Kier alpha value is -2.28. The smallest absolute Gasteiger partial charge is 0.339 e. The lowest BCUT2D eigenvalue weighted by molar-refractivity contribution is -0.150. The van der Waals surface area contributed by atoms with Crippen molar-refractivity contribution in [2.75, 3.05) is 21.3 Å². The van der Waals surface area contributed by atoms with Crippen molar-refractivity contribution in [2.45, 2.75) is 6.10 Å². The second kappa shape index (κ2) is 6.05. The Kier molecular flexibility index (Phi) is 4.71. The Morgan fingerprint density at radius 1 is 1.16 bits per heavy atom. The molecule has 0 saturated heterocycles. The lowest BCUT2D eigenvalue weighted by Crippen LogP contribution is -2.15. The van der Waals surface area contributed by atoms with Crippen molar-refractivity contribution >= 4 is 11.9 Å². The first-order chi connectivity index (χ1) is 8.96. The summed E-state index contributed by atoms with van der Waals surface area (Å²) in [5.41, 5.74) is -0.179. The summed E-state index contributed by atoms with van der Waals surface area (Å²) in [7, 11) is 3.53. The maximum Gasteiger partial charge on any atom is 0.339 e. The van der Waals surface area contributed by atoms with E-state index in [0.717, 1.165) is 13.2 Å². The monoisotopic (exact) mass is 270 g/mol. The van der Waals surface area contributed by atoms with Gasteiger partial charge in [-0.15, -0.1) is 0 Å². The van der Waals surface area contributed by atoms with Crippen molar-refractivity contribution in [1.82, 2.24) is 0 Å². The molecule has 1 rings (SSSR count). The summed E-state index contributed by atoms with van der Waals surface area (Å²) in [6, 6.07) is 2.36. The summed E-state index contributed by atoms with van der Waals surface area (Å²) in [5, 5.41) is 19.6. The van der Waals surface area contributed by atoms with Crippen LogP contribution in [0.4, 0.5) is 0 Å². The molecule has 0 aliphatic rings. The van der Waals surface area contributed by atoms with Gasteiger partial charge >= 0.3 is 11.9 Å². The van der Waals surface area contributed by atoms with Gasteiger partial charge in [0, 0.05) is 5.56 Å². The Balaban J connectivity index is 3.37. The minimum atomic E-state index is -1.73. The number of aliphatic hydroxyl groups is 1. The lowest BCUT2D eigenvalue weighted by Gasteiger charge is -2.14. The fourth-order valence-electron chi connectivity index (χ4n) is 1.47. The van der Waals surface area contributed by atoms with E-state index < -0.39 is 23.8 Å². The Morgan fingerprint density at radius 2 is 1.79 bits per heavy atom. The first-order valence-electron chi connectivity index (χ1n) is 5.21. The van der Waals surface area contributed by atoms with Crippen molar-refractivity contribution in [3.05, 3.63) is 23.3 Å². The molecule has 0 aromatic heterocycles. The summed E-state index contributed by atoms with van der Waals surface area (Å²) < 4.78 is 13.8. The normalized spacial score (nSPS) is 11.6. The molecule has 7 heteroatoms. The molecule has 1 atom stereocenters. The molecule has 0 spiro atoms. The number of methoxy groups -OCH3 is 3. The molecule has 0 saturated carbocycles. The van der Waals surface area contributed by atoms with E-state index >= 15 is 0 Å². The molecule has 1 aromatic rings. The third-order valence-corrected chi connectivity index (χ3v) is 2.46. The zero-order chi connectivity index (χ0) is 14.6. The molecule has 1 unspecified atom stereocenters. The molecule has 0 heterocycles. The second-order valence-electron chi connectivity index (χ2n) is 3.53. The fourth-order valence-corrected chi connectivity index (χ4v) is 1.47. The number of ether oxygens (including phenoxy) is 3. The number of carbonyl (C=O) groups is 2. The number of carbonyl (C=O) groups excluding carboxylic acids is 2. The molecular formula is C12H14O7. The van der Waals surface area contributed by atoms with Gasteiger partial charge in [-0.05, 0) is 12.1 Å². The van der Waals surface area contributed by atoms with E-state index in [1.54, 1.807) is 0 Å². The topological polar surface area (TPSA) is 102 Å². The third-order valence-electron chi connectivity index (χ3n) is 2.46. The number of benzene rings is 1. The summed E-state index contributed by atoms with van der Waals surface area (Å²) >= 11 is 0. The number of hydrogen-bond donors (Lipinski definition) is 2. The Bertz CT molecular complexity index is 495. The number of phenols is 1. The molecule has 0 aliphatic carbocycles. The molecule has 0 radical (unpaired) electrons. The predicted octanol–water partition coefficient (Wildman–Crippen LogP) is 0.394. The molecule has 2 N–H and O–H groups in total. The minimum Gasteiger partial charge on any atom is -0.504 e. The van der Waals surface area contributed by atoms with Crippen LogP contribution in [-0.2, 0) is 14.3 Å². The van der Waals surface area contributed by atoms with E-state index in [1.807, 2.05) is 0 Å². The van der Waals surface area contributed by atoms with E-state index in [-0.39, 0.29) is 16.9 Å². The second-order valence-corrected chi connectivity index (χ2v) is 3.53. The molecule has 19 heavy (non-hydrogen) atoms. The number of esters is 2. The molecule has 0 bridgehead atoms. The van der Waals surface area contributed by atoms with Crippen LogP contribution in [0.15, 0.2) is 12.1 Å². The molecule has 0 fully saturated rings. The third kappa shape index (κ3) is 2.94. The first kappa shape index (κ1) is 14.8. The van der Waals surface area contributed by atoms with Gasteiger partial charge in [-0.2, -0.15) is 0 Å². The highest BCUT2D eigenvalue weighted by Gasteiger charge is 2.25. The van der Waals surface area contributed by atoms with E-state index in [0.29, 0.717) is 0 Å². The van der Waals surface area contributed by atoms with Crippen LogP contribution >= 0.6 is 0 Å². The summed E-state index contributed by atoms with van der Waals surface area (Å²) in [6.45, 7) is 0. The van der Waals surface area contributed by atoms with E-state index in [2.05, 4.69) is 9.47 Å². The summed E-state index contributed by atoms with van der Waals surface area (Å²) in [5.74, 6) is -2.19. The highest BCUT2D eigenvalue weighted by molar-refractivity contribution is 5.91. The van der Waals surface area contributed by atoms with Crippen molar-refractivity contribution in [1.29, 1.82) is 0 Å². The number of aromatic hydroxyl groups is 1. The first-order valence-corrected chi connectivity index (χ1v) is 5.21. The van der Waals surface area contributed by atoms with Gasteiger partial charge in [0.25, 0.3) is 0 Å². The van der Waals surface area contributed by atoms with Gasteiger partial charge in [0.15, 0.2) is 17.6 Å². The fraction of sp³-hybridized carbons (Fsp3) is 0.333. The zero-order valence-electron chi connectivity index (χ0n) is 10.7. The van der Waals surface area contributed by atoms with Crippen LogP contribution < -0.4 is 4.74 Å². The Labute approximate surface area is 109 Å². The quantitative estimate of drug-likeness (QED) is 0.763. The molecule has 7 nitrogen and oxygen atoms in total. The number of hydrogen-bond acceptors (Lipinski definition) is 7. The van der Waals surface area contributed by atoms with Gasteiger partial charge in [0.05, 0.1) is 26.9 Å². The van der Waals surface area contributed by atoms with Crippen molar-refractivity contribution in [2.24, 2.45) is 0 Å². The molecule has 0 aliphatic heterocycles.